The number of nitrogens with zero attached hydrogens (tertiary/aromatic N) is 8. The van der Waals surface area contributed by atoms with Crippen LogP contribution < -0.4 is 21.3 Å². The standard InChI is InChI=1S/C71H112ClF3N12O12/c1-11-43(4)58-62(92)76-44(5)63(93)87-36-30-52(87)66(96)82(8)54(39-45-21-13-12-14-22-45)65(95)80(6)41-56(88)77-50(29-27-46-26-28-48(49(72)38-46)71(73,74)75)64(94)86-35-19-25-51(86)61(91)79-70(31-17-18-32-70)69(99)84(10)59(47-23-15-16-24-47)68(98)83(9)55(67(97)85-33-20-34-85)40-57(89)81(7)53(37-42(2)3)60(90)78-58/h42-55,58-59H,11-41H2,1-10H3,(H,76,92)(H,77,88)(H,78,90)(H,79,91)/t43-,44-,46?,48?,49?,50-,51-,52-,53-,54-,55-,58-,59-/m0/s1. The Hall–Kier alpha value is -6.28. The highest BCUT2D eigenvalue weighted by Crippen LogP contribution is 2.44. The number of amides is 12. The molecule has 0 aromatic rings. The normalized spacial score (nSPS) is 31.8. The summed E-state index contributed by atoms with van der Waals surface area (Å²) in [6, 6.07) is -10.7. The van der Waals surface area contributed by atoms with Gasteiger partial charge < -0.3 is 60.5 Å². The smallest absolute Gasteiger partial charge is 0.343 e. The molecule has 99 heavy (non-hydrogen) atoms. The molecule has 4 saturated heterocycles. The highest BCUT2D eigenvalue weighted by molar-refractivity contribution is 6.21. The van der Waals surface area contributed by atoms with E-state index in [1.165, 1.54) is 76.5 Å². The Kier molecular flexibility index (Phi) is 27.0. The summed E-state index contributed by atoms with van der Waals surface area (Å²) in [5.41, 5.74) is -1.54. The molecule has 4 aliphatic heterocycles. The molecular formula is C71H112ClF3N12O12. The van der Waals surface area contributed by atoms with E-state index >= 15 is 19.2 Å². The van der Waals surface area contributed by atoms with E-state index in [0.717, 1.165) is 44.9 Å². The average molecular weight is 1420 g/mol. The Morgan fingerprint density at radius 2 is 1.25 bits per heavy atom. The second kappa shape index (κ2) is 34.1. The molecule has 4 N–H and O–H groups in total. The van der Waals surface area contributed by atoms with Gasteiger partial charge in [0.15, 0.2) is 0 Å². The molecule has 0 aromatic carbocycles. The van der Waals surface area contributed by atoms with Crippen LogP contribution in [0.15, 0.2) is 0 Å². The van der Waals surface area contributed by atoms with Crippen molar-refractivity contribution in [2.45, 2.75) is 273 Å². The van der Waals surface area contributed by atoms with Crippen molar-refractivity contribution in [3.05, 3.63) is 0 Å². The SMILES string of the molecule is CC[C@H](C)[C@@H]1NC(=O)[C@H](CC(C)C)N(C)C(=O)C[C@@H](C(=O)N2CCC2)N(C)C(=O)[C@H](C2CCCC2)N(C)C(=O)C2(CCCC2)NC(=O)[C@@H]2CCCN2C(=O)[C@H](CCC2CCC(C(F)(F)F)C(Cl)C2)NC(=O)CN(C)C(=O)[C@H](CC2CCCCC2)N(C)C(=O)[C@@H]2CCN2C(=O)[C@H](C)NC1=O. The Morgan fingerprint density at radius 3 is 1.84 bits per heavy atom. The Bertz CT molecular complexity index is 2940. The minimum Gasteiger partial charge on any atom is -0.343 e. The molecule has 28 heteroatoms. The number of hydrogen-bond acceptors (Lipinski definition) is 12. The van der Waals surface area contributed by atoms with Crippen molar-refractivity contribution in [2.24, 2.45) is 35.5 Å². The monoisotopic (exact) mass is 1420 g/mol. The topological polar surface area (TPSA) is 279 Å². The molecule has 0 radical (unpaired) electrons. The third-order valence-electron chi connectivity index (χ3n) is 23.4. The van der Waals surface area contributed by atoms with Crippen LogP contribution in [0, 0.1) is 35.5 Å². The minimum absolute atomic E-state index is 0.00479. The van der Waals surface area contributed by atoms with Crippen LogP contribution in [-0.4, -0.2) is 250 Å². The van der Waals surface area contributed by atoms with E-state index < -0.39 is 167 Å². The molecule has 8 aliphatic rings. The highest BCUT2D eigenvalue weighted by atomic mass is 35.5. The van der Waals surface area contributed by atoms with Gasteiger partial charge in [0.05, 0.1) is 18.9 Å². The van der Waals surface area contributed by atoms with Gasteiger partial charge in [-0.25, -0.2) is 0 Å². The van der Waals surface area contributed by atoms with Gasteiger partial charge in [0.2, 0.25) is 70.9 Å². The van der Waals surface area contributed by atoms with Crippen LogP contribution in [0.4, 0.5) is 13.2 Å². The number of carbonyl (C=O) groups is 12. The van der Waals surface area contributed by atoms with E-state index in [1.54, 1.807) is 11.8 Å². The molecule has 556 valence electrons. The number of likely N-dealkylation sites (N-methyl/N-ethyl adjacent to an activating group) is 5. The van der Waals surface area contributed by atoms with Gasteiger partial charge in [-0.1, -0.05) is 91.9 Å². The van der Waals surface area contributed by atoms with Crippen LogP contribution in [0.25, 0.3) is 0 Å². The zero-order valence-corrected chi connectivity index (χ0v) is 60.9. The maximum Gasteiger partial charge on any atom is 0.393 e. The molecule has 24 nitrogen and oxygen atoms in total. The lowest BCUT2D eigenvalue weighted by Gasteiger charge is -2.44. The lowest BCUT2D eigenvalue weighted by atomic mass is 9.78. The van der Waals surface area contributed by atoms with Crippen LogP contribution in [0.3, 0.4) is 0 Å². The van der Waals surface area contributed by atoms with E-state index in [1.807, 2.05) is 20.8 Å². The van der Waals surface area contributed by atoms with Gasteiger partial charge in [-0.3, -0.25) is 57.5 Å². The maximum absolute atomic E-state index is 15.6. The third-order valence-corrected chi connectivity index (χ3v) is 23.9. The number of halogens is 4. The summed E-state index contributed by atoms with van der Waals surface area (Å²) in [5, 5.41) is 10.4. The highest BCUT2D eigenvalue weighted by Gasteiger charge is 2.53. The summed E-state index contributed by atoms with van der Waals surface area (Å²) >= 11 is 6.41. The van der Waals surface area contributed by atoms with E-state index in [0.29, 0.717) is 58.0 Å². The van der Waals surface area contributed by atoms with E-state index in [-0.39, 0.29) is 107 Å². The lowest BCUT2D eigenvalue weighted by Crippen LogP contribution is -2.65. The molecule has 0 aromatic heterocycles. The second-order valence-electron chi connectivity index (χ2n) is 30.7. The number of likely N-dealkylation sites (tertiary alicyclic amines) is 1. The molecule has 0 bridgehead atoms. The summed E-state index contributed by atoms with van der Waals surface area (Å²) in [6.07, 6.45) is 5.82. The van der Waals surface area contributed by atoms with Crippen LogP contribution in [0.2, 0.25) is 0 Å². The molecular weight excluding hydrogens is 1310 g/mol. The molecule has 8 fully saturated rings. The largest absolute Gasteiger partial charge is 0.393 e. The summed E-state index contributed by atoms with van der Waals surface area (Å²) in [4.78, 5) is 190. The predicted octanol–water partition coefficient (Wildman–Crippen LogP) is 5.50. The van der Waals surface area contributed by atoms with Crippen LogP contribution >= 0.6 is 11.6 Å². The zero-order valence-electron chi connectivity index (χ0n) is 60.1. The molecule has 4 aliphatic carbocycles. The van der Waals surface area contributed by atoms with Crippen molar-refractivity contribution in [2.75, 3.05) is 68.0 Å². The first-order valence-electron chi connectivity index (χ1n) is 36.9. The van der Waals surface area contributed by atoms with Gasteiger partial charge in [-0.2, -0.15) is 13.2 Å². The average Bonchev–Trinajstić information content (AvgIpc) is 1.08. The third kappa shape index (κ3) is 18.5. The van der Waals surface area contributed by atoms with Crippen LogP contribution in [-0.2, 0) is 57.5 Å². The van der Waals surface area contributed by atoms with Gasteiger partial charge in [0.1, 0.15) is 59.9 Å². The summed E-state index contributed by atoms with van der Waals surface area (Å²) < 4.78 is 42.0. The first-order valence-corrected chi connectivity index (χ1v) is 37.4. The maximum atomic E-state index is 15.6. The quantitative estimate of drug-likeness (QED) is 0.187. The van der Waals surface area contributed by atoms with Crippen molar-refractivity contribution in [3.8, 4) is 0 Å². The van der Waals surface area contributed by atoms with Gasteiger partial charge in [0.25, 0.3) is 0 Å². The van der Waals surface area contributed by atoms with Gasteiger partial charge in [0, 0.05) is 66.8 Å². The van der Waals surface area contributed by atoms with Gasteiger partial charge in [-0.15, -0.1) is 11.6 Å². The molecule has 12 amide bonds. The first-order chi connectivity index (χ1) is 46.8. The van der Waals surface area contributed by atoms with Gasteiger partial charge >= 0.3 is 6.18 Å². The van der Waals surface area contributed by atoms with Crippen LogP contribution in [0.1, 0.15) is 202 Å². The number of hydrogen-bond donors (Lipinski definition) is 4. The number of rotatable bonds is 11. The fourth-order valence-corrected chi connectivity index (χ4v) is 17.3. The number of fused-ring (bicyclic) bond motifs is 2. The number of carbonyl (C=O) groups excluding carboxylic acids is 12. The molecule has 1 spiro atoms. The molecule has 13 atom stereocenters. The summed E-state index contributed by atoms with van der Waals surface area (Å²) in [5.74, 6) is -10.4. The van der Waals surface area contributed by atoms with Crippen molar-refractivity contribution >= 4 is 82.5 Å². The summed E-state index contributed by atoms with van der Waals surface area (Å²) in [7, 11) is 7.31. The number of nitrogens with one attached hydrogen (secondary N) is 4. The van der Waals surface area contributed by atoms with Crippen molar-refractivity contribution in [3.63, 3.8) is 0 Å². The lowest BCUT2D eigenvalue weighted by molar-refractivity contribution is -0.182. The molecule has 3 unspecified atom stereocenters. The van der Waals surface area contributed by atoms with E-state index in [4.69, 9.17) is 11.6 Å². The fraction of sp³-hybridized carbons (Fsp3) is 0.831. The first kappa shape index (κ1) is 78.4. The predicted molar refractivity (Wildman–Crippen MR) is 363 cm³/mol. The second-order valence-corrected chi connectivity index (χ2v) is 31.3. The molecule has 4 saturated carbocycles. The molecule has 4 heterocycles. The van der Waals surface area contributed by atoms with Gasteiger partial charge in [-0.05, 0) is 133 Å². The van der Waals surface area contributed by atoms with E-state index in [9.17, 15) is 51.5 Å². The minimum atomic E-state index is -4.50. The molecule has 8 rings (SSSR count). The number of alkyl halides is 4. The van der Waals surface area contributed by atoms with E-state index in [2.05, 4.69) is 21.3 Å². The zero-order chi connectivity index (χ0) is 72.5. The van der Waals surface area contributed by atoms with Crippen molar-refractivity contribution < 1.29 is 70.7 Å². The van der Waals surface area contributed by atoms with Crippen LogP contribution in [0.5, 0.6) is 0 Å². The fourth-order valence-electron chi connectivity index (χ4n) is 16.8. The Morgan fingerprint density at radius 1 is 0.606 bits per heavy atom. The Labute approximate surface area is 587 Å². The van der Waals surface area contributed by atoms with Crippen molar-refractivity contribution in [1.82, 2.24) is 60.5 Å². The summed E-state index contributed by atoms with van der Waals surface area (Å²) in [6.45, 7) is 9.24. The Balaban J connectivity index is 1.15. The van der Waals surface area contributed by atoms with Crippen molar-refractivity contribution in [1.29, 1.82) is 0 Å².